The van der Waals surface area contributed by atoms with Crippen molar-refractivity contribution in [2.24, 2.45) is 0 Å². The number of benzene rings is 1. The van der Waals surface area contributed by atoms with Crippen molar-refractivity contribution in [2.75, 3.05) is 23.4 Å². The molecule has 1 aromatic carbocycles. The van der Waals surface area contributed by atoms with Gasteiger partial charge in [0, 0.05) is 18.8 Å². The van der Waals surface area contributed by atoms with Gasteiger partial charge in [-0.05, 0) is 18.6 Å². The molecule has 2 rings (SSSR count). The Kier molecular flexibility index (Phi) is 3.80. The molecule has 0 spiro atoms. The quantitative estimate of drug-likeness (QED) is 0.881. The first-order valence-corrected chi connectivity index (χ1v) is 8.25. The lowest BCUT2D eigenvalue weighted by Gasteiger charge is -2.29. The summed E-state index contributed by atoms with van der Waals surface area (Å²) in [5, 5.41) is 6.67. The average Bonchev–Trinajstić information content (AvgIpc) is 2.34. The molecule has 1 unspecified atom stereocenters. The van der Waals surface area contributed by atoms with Crippen LogP contribution in [0.15, 0.2) is 23.1 Å². The summed E-state index contributed by atoms with van der Waals surface area (Å²) in [4.78, 5) is 0.376. The fourth-order valence-corrected chi connectivity index (χ4v) is 3.14. The number of sulfone groups is 1. The number of rotatable bonds is 4. The minimum atomic E-state index is -3.18. The molecule has 0 saturated heterocycles. The Morgan fingerprint density at radius 2 is 2.17 bits per heavy atom. The highest BCUT2D eigenvalue weighted by Crippen LogP contribution is 2.33. The monoisotopic (exact) mass is 268 g/mol. The van der Waals surface area contributed by atoms with Crippen LogP contribution in [0.3, 0.4) is 0 Å². The van der Waals surface area contributed by atoms with Gasteiger partial charge in [-0.2, -0.15) is 0 Å². The van der Waals surface area contributed by atoms with Crippen LogP contribution in [0.2, 0.25) is 0 Å². The SMILES string of the molecule is CCCCC1CNc2c(cccc2S(C)(=O)=O)N1. The van der Waals surface area contributed by atoms with Crippen LogP contribution >= 0.6 is 0 Å². The molecule has 1 heterocycles. The van der Waals surface area contributed by atoms with E-state index >= 15 is 0 Å². The van der Waals surface area contributed by atoms with E-state index in [1.165, 1.54) is 19.1 Å². The van der Waals surface area contributed by atoms with Crippen molar-refractivity contribution in [1.29, 1.82) is 0 Å². The highest BCUT2D eigenvalue weighted by molar-refractivity contribution is 7.90. The summed E-state index contributed by atoms with van der Waals surface area (Å²) in [6.07, 6.45) is 4.70. The molecule has 2 N–H and O–H groups in total. The van der Waals surface area contributed by atoms with E-state index in [4.69, 9.17) is 0 Å². The topological polar surface area (TPSA) is 58.2 Å². The third-order valence-electron chi connectivity index (χ3n) is 3.22. The molecule has 1 aliphatic heterocycles. The highest BCUT2D eigenvalue weighted by atomic mass is 32.2. The highest BCUT2D eigenvalue weighted by Gasteiger charge is 2.22. The predicted octanol–water partition coefficient (Wildman–Crippen LogP) is 2.49. The third-order valence-corrected chi connectivity index (χ3v) is 4.36. The maximum atomic E-state index is 11.7. The summed E-state index contributed by atoms with van der Waals surface area (Å²) < 4.78 is 23.4. The van der Waals surface area contributed by atoms with Gasteiger partial charge in [0.2, 0.25) is 0 Å². The Balaban J connectivity index is 2.25. The molecular weight excluding hydrogens is 248 g/mol. The molecule has 0 amide bonds. The summed E-state index contributed by atoms with van der Waals surface area (Å²) >= 11 is 0. The van der Waals surface area contributed by atoms with Crippen LogP contribution in [0.4, 0.5) is 11.4 Å². The number of hydrogen-bond acceptors (Lipinski definition) is 4. The number of unbranched alkanes of at least 4 members (excludes halogenated alkanes) is 1. The second kappa shape index (κ2) is 5.18. The fraction of sp³-hybridized carbons (Fsp3) is 0.538. The molecule has 1 aliphatic rings. The summed E-state index contributed by atoms with van der Waals surface area (Å²) in [6.45, 7) is 2.95. The number of anilines is 2. The molecule has 1 aromatic rings. The second-order valence-corrected chi connectivity index (χ2v) is 6.80. The first-order chi connectivity index (χ1) is 8.52. The molecule has 18 heavy (non-hydrogen) atoms. The summed E-state index contributed by atoms with van der Waals surface area (Å²) in [5.74, 6) is 0. The number of para-hydroxylation sites is 1. The largest absolute Gasteiger partial charge is 0.380 e. The molecule has 0 fully saturated rings. The molecule has 0 saturated carbocycles. The van der Waals surface area contributed by atoms with Crippen molar-refractivity contribution >= 4 is 21.2 Å². The van der Waals surface area contributed by atoms with Crippen molar-refractivity contribution in [3.63, 3.8) is 0 Å². The van der Waals surface area contributed by atoms with E-state index in [1.54, 1.807) is 12.1 Å². The van der Waals surface area contributed by atoms with Gasteiger partial charge in [-0.1, -0.05) is 25.8 Å². The predicted molar refractivity (Wildman–Crippen MR) is 75.0 cm³/mol. The van der Waals surface area contributed by atoms with Gasteiger partial charge in [0.25, 0.3) is 0 Å². The maximum Gasteiger partial charge on any atom is 0.177 e. The van der Waals surface area contributed by atoms with E-state index in [1.807, 2.05) is 6.07 Å². The van der Waals surface area contributed by atoms with E-state index in [2.05, 4.69) is 17.6 Å². The maximum absolute atomic E-state index is 11.7. The standard InChI is InChI=1S/C13H20N2O2S/c1-3-4-6-10-9-14-13-11(15-10)7-5-8-12(13)18(2,16)17/h5,7-8,10,14-15H,3-4,6,9H2,1-2H3. The van der Waals surface area contributed by atoms with Crippen LogP contribution in [0.1, 0.15) is 26.2 Å². The third kappa shape index (κ3) is 2.77. The molecule has 1 atom stereocenters. The summed E-state index contributed by atoms with van der Waals surface area (Å²) in [6, 6.07) is 5.74. The van der Waals surface area contributed by atoms with Crippen LogP contribution in [0, 0.1) is 0 Å². The van der Waals surface area contributed by atoms with Crippen LogP contribution in [-0.4, -0.2) is 27.3 Å². The van der Waals surface area contributed by atoms with Crippen molar-refractivity contribution in [2.45, 2.75) is 37.1 Å². The lowest BCUT2D eigenvalue weighted by Crippen LogP contribution is -2.33. The Morgan fingerprint density at radius 1 is 1.39 bits per heavy atom. The van der Waals surface area contributed by atoms with Gasteiger partial charge >= 0.3 is 0 Å². The summed E-state index contributed by atoms with van der Waals surface area (Å²) in [5.41, 5.74) is 1.61. The average molecular weight is 268 g/mol. The van der Waals surface area contributed by atoms with E-state index in [0.29, 0.717) is 16.6 Å². The zero-order valence-electron chi connectivity index (χ0n) is 10.9. The van der Waals surface area contributed by atoms with Crippen molar-refractivity contribution in [3.05, 3.63) is 18.2 Å². The van der Waals surface area contributed by atoms with E-state index < -0.39 is 9.84 Å². The zero-order chi connectivity index (χ0) is 13.2. The van der Waals surface area contributed by atoms with E-state index in [-0.39, 0.29) is 0 Å². The van der Waals surface area contributed by atoms with Crippen molar-refractivity contribution in [1.82, 2.24) is 0 Å². The van der Waals surface area contributed by atoms with Crippen LogP contribution < -0.4 is 10.6 Å². The Labute approximate surface area is 109 Å². The number of nitrogens with one attached hydrogen (secondary N) is 2. The van der Waals surface area contributed by atoms with Gasteiger partial charge in [0.15, 0.2) is 9.84 Å². The smallest absolute Gasteiger partial charge is 0.177 e. The minimum Gasteiger partial charge on any atom is -0.380 e. The fourth-order valence-electron chi connectivity index (χ4n) is 2.26. The van der Waals surface area contributed by atoms with Gasteiger partial charge in [-0.25, -0.2) is 8.42 Å². The van der Waals surface area contributed by atoms with Gasteiger partial charge in [0.05, 0.1) is 16.3 Å². The second-order valence-electron chi connectivity index (χ2n) is 4.82. The molecule has 100 valence electrons. The minimum absolute atomic E-state index is 0.376. The van der Waals surface area contributed by atoms with E-state index in [0.717, 1.165) is 18.7 Å². The molecule has 0 bridgehead atoms. The Hall–Kier alpha value is -1.23. The lowest BCUT2D eigenvalue weighted by atomic mass is 10.1. The number of fused-ring (bicyclic) bond motifs is 1. The van der Waals surface area contributed by atoms with Gasteiger partial charge in [-0.3, -0.25) is 0 Å². The van der Waals surface area contributed by atoms with E-state index in [9.17, 15) is 8.42 Å². The van der Waals surface area contributed by atoms with Crippen molar-refractivity contribution < 1.29 is 8.42 Å². The van der Waals surface area contributed by atoms with Gasteiger partial charge in [0.1, 0.15) is 0 Å². The Bertz CT molecular complexity index is 526. The molecule has 4 nitrogen and oxygen atoms in total. The molecule has 0 aromatic heterocycles. The normalized spacial score (nSPS) is 18.7. The molecule has 0 aliphatic carbocycles. The first kappa shape index (κ1) is 13.2. The van der Waals surface area contributed by atoms with Crippen LogP contribution in [0.5, 0.6) is 0 Å². The molecule has 0 radical (unpaired) electrons. The molecule has 5 heteroatoms. The summed E-state index contributed by atoms with van der Waals surface area (Å²) in [7, 11) is -3.18. The Morgan fingerprint density at radius 3 is 2.83 bits per heavy atom. The molecular formula is C13H20N2O2S. The van der Waals surface area contributed by atoms with Gasteiger partial charge in [-0.15, -0.1) is 0 Å². The zero-order valence-corrected chi connectivity index (χ0v) is 11.7. The van der Waals surface area contributed by atoms with Crippen molar-refractivity contribution in [3.8, 4) is 0 Å². The lowest BCUT2D eigenvalue weighted by molar-refractivity contribution is 0.600. The number of hydrogen-bond donors (Lipinski definition) is 2. The van der Waals surface area contributed by atoms with Crippen LogP contribution in [0.25, 0.3) is 0 Å². The van der Waals surface area contributed by atoms with Gasteiger partial charge < -0.3 is 10.6 Å². The van der Waals surface area contributed by atoms with Crippen LogP contribution in [-0.2, 0) is 9.84 Å². The first-order valence-electron chi connectivity index (χ1n) is 6.36.